The minimum atomic E-state index is 0.413. The molecule has 1 aliphatic heterocycles. The van der Waals surface area contributed by atoms with E-state index < -0.39 is 0 Å². The van der Waals surface area contributed by atoms with Gasteiger partial charge in [0, 0.05) is 31.5 Å². The zero-order valence-corrected chi connectivity index (χ0v) is 12.1. The Balaban J connectivity index is 2.05. The molecular formula is C14H26N4. The van der Waals surface area contributed by atoms with Crippen LogP contribution in [0.2, 0.25) is 0 Å². The molecule has 1 N–H and O–H groups in total. The monoisotopic (exact) mass is 250 g/mol. The Morgan fingerprint density at radius 2 is 2.00 bits per heavy atom. The van der Waals surface area contributed by atoms with Gasteiger partial charge in [0.15, 0.2) is 0 Å². The van der Waals surface area contributed by atoms with Crippen molar-refractivity contribution in [1.82, 2.24) is 20.1 Å². The first-order chi connectivity index (χ1) is 8.51. The molecule has 0 atom stereocenters. The summed E-state index contributed by atoms with van der Waals surface area (Å²) < 4.78 is 2.09. The molecule has 1 aromatic rings. The summed E-state index contributed by atoms with van der Waals surface area (Å²) in [7, 11) is 0. The van der Waals surface area contributed by atoms with Crippen LogP contribution in [-0.2, 0) is 13.0 Å². The van der Waals surface area contributed by atoms with E-state index in [1.54, 1.807) is 6.33 Å². The molecule has 0 radical (unpaired) electrons. The van der Waals surface area contributed by atoms with Crippen LogP contribution in [0.1, 0.15) is 39.9 Å². The fraction of sp³-hybridized carbons (Fsp3) is 0.857. The number of aromatic nitrogens is 3. The lowest BCUT2D eigenvalue weighted by Crippen LogP contribution is -2.55. The minimum absolute atomic E-state index is 0.413. The van der Waals surface area contributed by atoms with Crippen molar-refractivity contribution < 1.29 is 0 Å². The molecule has 1 aromatic heterocycles. The van der Waals surface area contributed by atoms with E-state index in [-0.39, 0.29) is 0 Å². The minimum Gasteiger partial charge on any atom is -0.316 e. The van der Waals surface area contributed by atoms with Gasteiger partial charge in [-0.1, -0.05) is 27.7 Å². The van der Waals surface area contributed by atoms with Crippen molar-refractivity contribution in [2.24, 2.45) is 17.3 Å². The van der Waals surface area contributed by atoms with Crippen LogP contribution in [0.25, 0.3) is 0 Å². The maximum Gasteiger partial charge on any atom is 0.138 e. The van der Waals surface area contributed by atoms with Crippen LogP contribution in [0.5, 0.6) is 0 Å². The Morgan fingerprint density at radius 1 is 1.28 bits per heavy atom. The number of rotatable bonds is 6. The summed E-state index contributed by atoms with van der Waals surface area (Å²) in [6, 6.07) is 0. The Bertz CT molecular complexity index is 377. The predicted octanol–water partition coefficient (Wildman–Crippen LogP) is 2.11. The third kappa shape index (κ3) is 3.10. The van der Waals surface area contributed by atoms with Crippen LogP contribution < -0.4 is 5.32 Å². The molecule has 0 aliphatic carbocycles. The molecule has 0 unspecified atom stereocenters. The standard InChI is InChI=1S/C14H26N4/c1-11(2)5-14(8-15-9-14)6-13-16-10-17-18(13)7-12(3)4/h10-12,15H,5-9H2,1-4H3. The van der Waals surface area contributed by atoms with Gasteiger partial charge in [-0.3, -0.25) is 0 Å². The first-order valence-corrected chi connectivity index (χ1v) is 7.08. The summed E-state index contributed by atoms with van der Waals surface area (Å²) in [6.07, 6.45) is 4.03. The zero-order chi connectivity index (χ0) is 13.2. The summed E-state index contributed by atoms with van der Waals surface area (Å²) in [6.45, 7) is 12.3. The molecule has 0 saturated carbocycles. The normalized spacial score (nSPS) is 18.3. The van der Waals surface area contributed by atoms with Gasteiger partial charge in [-0.25, -0.2) is 9.67 Å². The molecule has 2 rings (SSSR count). The molecule has 102 valence electrons. The van der Waals surface area contributed by atoms with Crippen molar-refractivity contribution in [3.05, 3.63) is 12.2 Å². The van der Waals surface area contributed by atoms with E-state index in [1.807, 2.05) is 0 Å². The van der Waals surface area contributed by atoms with Gasteiger partial charge >= 0.3 is 0 Å². The van der Waals surface area contributed by atoms with Gasteiger partial charge in [0.25, 0.3) is 0 Å². The van der Waals surface area contributed by atoms with Gasteiger partial charge in [0.2, 0.25) is 0 Å². The lowest BCUT2D eigenvalue weighted by molar-refractivity contribution is 0.126. The summed E-state index contributed by atoms with van der Waals surface area (Å²) >= 11 is 0. The second kappa shape index (κ2) is 5.39. The molecule has 1 fully saturated rings. The van der Waals surface area contributed by atoms with Crippen molar-refractivity contribution in [1.29, 1.82) is 0 Å². The third-order valence-electron chi connectivity index (χ3n) is 3.61. The van der Waals surface area contributed by atoms with Crippen molar-refractivity contribution in [2.45, 2.75) is 47.1 Å². The van der Waals surface area contributed by atoms with E-state index in [2.05, 4.69) is 47.8 Å². The number of hydrogen-bond donors (Lipinski definition) is 1. The second-order valence-electron chi connectivity index (χ2n) is 6.63. The van der Waals surface area contributed by atoms with Gasteiger partial charge < -0.3 is 5.32 Å². The molecule has 0 aromatic carbocycles. The van der Waals surface area contributed by atoms with Gasteiger partial charge in [0.05, 0.1) is 0 Å². The quantitative estimate of drug-likeness (QED) is 0.841. The Morgan fingerprint density at radius 3 is 2.50 bits per heavy atom. The topological polar surface area (TPSA) is 42.7 Å². The van der Waals surface area contributed by atoms with Gasteiger partial charge in [-0.05, 0) is 18.3 Å². The summed E-state index contributed by atoms with van der Waals surface area (Å²) in [5.41, 5.74) is 0.413. The van der Waals surface area contributed by atoms with Gasteiger partial charge in [-0.15, -0.1) is 0 Å². The average molecular weight is 250 g/mol. The molecule has 0 bridgehead atoms. The van der Waals surface area contributed by atoms with Crippen LogP contribution in [-0.4, -0.2) is 27.9 Å². The molecular weight excluding hydrogens is 224 g/mol. The van der Waals surface area contributed by atoms with E-state index in [0.717, 1.165) is 37.8 Å². The van der Waals surface area contributed by atoms with Crippen LogP contribution in [0.15, 0.2) is 6.33 Å². The molecule has 4 heteroatoms. The molecule has 0 spiro atoms. The maximum absolute atomic E-state index is 4.47. The summed E-state index contributed by atoms with van der Waals surface area (Å²) in [5.74, 6) is 2.52. The van der Waals surface area contributed by atoms with Crippen LogP contribution in [0.3, 0.4) is 0 Å². The highest BCUT2D eigenvalue weighted by Crippen LogP contribution is 2.34. The van der Waals surface area contributed by atoms with Crippen molar-refractivity contribution >= 4 is 0 Å². The van der Waals surface area contributed by atoms with Crippen molar-refractivity contribution in [3.8, 4) is 0 Å². The van der Waals surface area contributed by atoms with Crippen molar-refractivity contribution in [2.75, 3.05) is 13.1 Å². The zero-order valence-electron chi connectivity index (χ0n) is 12.1. The Hall–Kier alpha value is -0.900. The second-order valence-corrected chi connectivity index (χ2v) is 6.63. The first-order valence-electron chi connectivity index (χ1n) is 7.08. The fourth-order valence-corrected chi connectivity index (χ4v) is 2.94. The fourth-order valence-electron chi connectivity index (χ4n) is 2.94. The van der Waals surface area contributed by atoms with E-state index in [1.165, 1.54) is 6.42 Å². The van der Waals surface area contributed by atoms with Crippen LogP contribution >= 0.6 is 0 Å². The largest absolute Gasteiger partial charge is 0.316 e. The number of nitrogens with one attached hydrogen (secondary N) is 1. The smallest absolute Gasteiger partial charge is 0.138 e. The highest BCUT2D eigenvalue weighted by molar-refractivity contribution is 5.01. The van der Waals surface area contributed by atoms with E-state index in [9.17, 15) is 0 Å². The predicted molar refractivity (Wildman–Crippen MR) is 73.3 cm³/mol. The Kier molecular flexibility index (Phi) is 4.05. The third-order valence-corrected chi connectivity index (χ3v) is 3.61. The molecule has 2 heterocycles. The van der Waals surface area contributed by atoms with Crippen LogP contribution in [0, 0.1) is 17.3 Å². The summed E-state index contributed by atoms with van der Waals surface area (Å²) in [4.78, 5) is 4.47. The highest BCUT2D eigenvalue weighted by atomic mass is 15.3. The molecule has 4 nitrogen and oxygen atoms in total. The Labute approximate surface area is 110 Å². The maximum atomic E-state index is 4.47. The molecule has 1 saturated heterocycles. The average Bonchev–Trinajstić information content (AvgIpc) is 2.60. The lowest BCUT2D eigenvalue weighted by atomic mass is 9.72. The number of hydrogen-bond acceptors (Lipinski definition) is 3. The highest BCUT2D eigenvalue weighted by Gasteiger charge is 2.38. The van der Waals surface area contributed by atoms with E-state index >= 15 is 0 Å². The number of nitrogens with zero attached hydrogens (tertiary/aromatic N) is 3. The van der Waals surface area contributed by atoms with Crippen LogP contribution in [0.4, 0.5) is 0 Å². The lowest BCUT2D eigenvalue weighted by Gasteiger charge is -2.44. The van der Waals surface area contributed by atoms with Crippen molar-refractivity contribution in [3.63, 3.8) is 0 Å². The first kappa shape index (κ1) is 13.5. The van der Waals surface area contributed by atoms with E-state index in [4.69, 9.17) is 0 Å². The summed E-state index contributed by atoms with van der Waals surface area (Å²) in [5, 5.41) is 7.79. The van der Waals surface area contributed by atoms with Gasteiger partial charge in [0.1, 0.15) is 12.2 Å². The SMILES string of the molecule is CC(C)Cn1ncnc1CC1(CC(C)C)CNC1. The molecule has 0 amide bonds. The van der Waals surface area contributed by atoms with E-state index in [0.29, 0.717) is 11.3 Å². The molecule has 18 heavy (non-hydrogen) atoms. The molecule has 1 aliphatic rings. The van der Waals surface area contributed by atoms with Gasteiger partial charge in [-0.2, -0.15) is 5.10 Å².